The Morgan fingerprint density at radius 2 is 1.33 bits per heavy atom. The van der Waals surface area contributed by atoms with E-state index >= 15 is 0 Å². The predicted octanol–water partition coefficient (Wildman–Crippen LogP) is 7.64. The van der Waals surface area contributed by atoms with Crippen LogP contribution in [0, 0.1) is 11.6 Å². The SMILES string of the molecule is NCc1cccc(Oc2ccccc2N(Cc2ccc(Oc3ccccc3)cc2)C(=O)CCC(=O)NCc2c(F)cccc2F)c1. The molecule has 0 radical (unpaired) electrons. The third-order valence-electron chi connectivity index (χ3n) is 7.15. The third kappa shape index (κ3) is 8.55. The van der Waals surface area contributed by atoms with Crippen LogP contribution in [0.2, 0.25) is 0 Å². The first-order chi connectivity index (χ1) is 22.4. The first kappa shape index (κ1) is 31.9. The third-order valence-corrected chi connectivity index (χ3v) is 7.15. The van der Waals surface area contributed by atoms with Crippen molar-refractivity contribution in [3.05, 3.63) is 150 Å². The maximum absolute atomic E-state index is 14.0. The van der Waals surface area contributed by atoms with E-state index in [2.05, 4.69) is 5.32 Å². The fourth-order valence-corrected chi connectivity index (χ4v) is 4.74. The maximum Gasteiger partial charge on any atom is 0.227 e. The molecule has 5 aromatic rings. The second-order valence-electron chi connectivity index (χ2n) is 10.4. The molecule has 0 spiro atoms. The van der Waals surface area contributed by atoms with Gasteiger partial charge in [-0.3, -0.25) is 9.59 Å². The van der Waals surface area contributed by atoms with Crippen molar-refractivity contribution in [2.45, 2.75) is 32.5 Å². The Bertz CT molecular complexity index is 1760. The van der Waals surface area contributed by atoms with E-state index in [0.29, 0.717) is 35.2 Å². The summed E-state index contributed by atoms with van der Waals surface area (Å²) in [6, 6.07) is 34.8. The quantitative estimate of drug-likeness (QED) is 0.141. The van der Waals surface area contributed by atoms with Crippen LogP contribution in [0.4, 0.5) is 14.5 Å². The second-order valence-corrected chi connectivity index (χ2v) is 10.4. The summed E-state index contributed by atoms with van der Waals surface area (Å²) in [5.74, 6) is -0.0246. The van der Waals surface area contributed by atoms with Crippen LogP contribution >= 0.6 is 0 Å². The summed E-state index contributed by atoms with van der Waals surface area (Å²) in [5.41, 5.74) is 7.77. The number of amides is 2. The Morgan fingerprint density at radius 1 is 0.674 bits per heavy atom. The molecule has 0 heterocycles. The molecular weight excluding hydrogens is 588 g/mol. The number of benzene rings is 5. The maximum atomic E-state index is 14.0. The van der Waals surface area contributed by atoms with E-state index in [1.54, 1.807) is 35.2 Å². The molecular formula is C37H33F2N3O4. The number of hydrogen-bond donors (Lipinski definition) is 2. The lowest BCUT2D eigenvalue weighted by atomic mass is 10.1. The molecule has 0 aromatic heterocycles. The van der Waals surface area contributed by atoms with Crippen LogP contribution in [0.5, 0.6) is 23.0 Å². The number of nitrogens with zero attached hydrogens (tertiary/aromatic N) is 1. The van der Waals surface area contributed by atoms with Crippen molar-refractivity contribution in [1.29, 1.82) is 0 Å². The van der Waals surface area contributed by atoms with Gasteiger partial charge in [-0.2, -0.15) is 0 Å². The molecule has 9 heteroatoms. The van der Waals surface area contributed by atoms with Gasteiger partial charge in [-0.25, -0.2) is 8.78 Å². The second kappa shape index (κ2) is 15.5. The highest BCUT2D eigenvalue weighted by Gasteiger charge is 2.22. The fourth-order valence-electron chi connectivity index (χ4n) is 4.74. The predicted molar refractivity (Wildman–Crippen MR) is 172 cm³/mol. The molecule has 0 atom stereocenters. The summed E-state index contributed by atoms with van der Waals surface area (Å²) >= 11 is 0. The van der Waals surface area contributed by atoms with Gasteiger partial charge in [-0.15, -0.1) is 0 Å². The van der Waals surface area contributed by atoms with E-state index in [0.717, 1.165) is 23.3 Å². The van der Waals surface area contributed by atoms with Crippen LogP contribution < -0.4 is 25.4 Å². The smallest absolute Gasteiger partial charge is 0.227 e. The minimum atomic E-state index is -0.753. The van der Waals surface area contributed by atoms with E-state index in [9.17, 15) is 18.4 Å². The standard InChI is InChI=1S/C37H33F2N3O4/c38-32-12-7-13-33(39)31(32)24-41-36(43)20-21-37(44)42(25-26-16-18-29(19-17-26)45-28-9-2-1-3-10-28)34-14-4-5-15-35(34)46-30-11-6-8-27(22-30)23-40/h1-19,22H,20-21,23-25,40H2,(H,41,43). The zero-order valence-electron chi connectivity index (χ0n) is 25.0. The van der Waals surface area contributed by atoms with Crippen molar-refractivity contribution in [1.82, 2.24) is 5.32 Å². The fraction of sp³-hybridized carbons (Fsp3) is 0.135. The molecule has 0 fully saturated rings. The van der Waals surface area contributed by atoms with E-state index in [1.807, 2.05) is 72.8 Å². The van der Waals surface area contributed by atoms with Gasteiger partial charge >= 0.3 is 0 Å². The van der Waals surface area contributed by atoms with Crippen molar-refractivity contribution in [3.63, 3.8) is 0 Å². The van der Waals surface area contributed by atoms with Crippen molar-refractivity contribution in [3.8, 4) is 23.0 Å². The summed E-state index contributed by atoms with van der Waals surface area (Å²) in [6.45, 7) is 0.194. The Balaban J connectivity index is 1.34. The van der Waals surface area contributed by atoms with Crippen LogP contribution in [0.3, 0.4) is 0 Å². The van der Waals surface area contributed by atoms with Crippen LogP contribution in [-0.2, 0) is 29.2 Å². The largest absolute Gasteiger partial charge is 0.457 e. The minimum absolute atomic E-state index is 0.155. The summed E-state index contributed by atoms with van der Waals surface area (Å²) in [5, 5.41) is 2.51. The van der Waals surface area contributed by atoms with Crippen molar-refractivity contribution in [2.24, 2.45) is 5.73 Å². The van der Waals surface area contributed by atoms with E-state index in [4.69, 9.17) is 15.2 Å². The molecule has 0 bridgehead atoms. The molecule has 3 N–H and O–H groups in total. The summed E-state index contributed by atoms with van der Waals surface area (Å²) in [6.07, 6.45) is -0.339. The lowest BCUT2D eigenvalue weighted by Gasteiger charge is -2.25. The van der Waals surface area contributed by atoms with Gasteiger partial charge in [0, 0.05) is 31.5 Å². The number of carbonyl (C=O) groups is 2. The number of nitrogens with two attached hydrogens (primary N) is 1. The van der Waals surface area contributed by atoms with Crippen LogP contribution in [-0.4, -0.2) is 11.8 Å². The number of ether oxygens (including phenoxy) is 2. The van der Waals surface area contributed by atoms with Crippen molar-refractivity contribution in [2.75, 3.05) is 4.90 Å². The highest BCUT2D eigenvalue weighted by Crippen LogP contribution is 2.34. The van der Waals surface area contributed by atoms with E-state index in [-0.39, 0.29) is 37.4 Å². The molecule has 0 aliphatic rings. The highest BCUT2D eigenvalue weighted by atomic mass is 19.1. The first-order valence-electron chi connectivity index (χ1n) is 14.8. The van der Waals surface area contributed by atoms with Gasteiger partial charge in [-0.1, -0.05) is 60.7 Å². The Kier molecular flexibility index (Phi) is 10.7. The minimum Gasteiger partial charge on any atom is -0.457 e. The number of rotatable bonds is 13. The van der Waals surface area contributed by atoms with Crippen LogP contribution in [0.25, 0.3) is 0 Å². The topological polar surface area (TPSA) is 93.9 Å². The van der Waals surface area contributed by atoms with Gasteiger partial charge in [-0.05, 0) is 71.8 Å². The number of carbonyl (C=O) groups excluding carboxylic acids is 2. The lowest BCUT2D eigenvalue weighted by Crippen LogP contribution is -2.32. The van der Waals surface area contributed by atoms with Crippen LogP contribution in [0.15, 0.2) is 121 Å². The number of halogens is 2. The molecule has 234 valence electrons. The molecule has 5 rings (SSSR count). The van der Waals surface area contributed by atoms with E-state index < -0.39 is 17.5 Å². The molecule has 46 heavy (non-hydrogen) atoms. The average molecular weight is 622 g/mol. The van der Waals surface area contributed by atoms with Gasteiger partial charge < -0.3 is 25.4 Å². The first-order valence-corrected chi connectivity index (χ1v) is 14.8. The van der Waals surface area contributed by atoms with E-state index in [1.165, 1.54) is 6.07 Å². The number of hydrogen-bond acceptors (Lipinski definition) is 5. The monoisotopic (exact) mass is 621 g/mol. The Morgan fingerprint density at radius 3 is 2.07 bits per heavy atom. The summed E-state index contributed by atoms with van der Waals surface area (Å²) in [7, 11) is 0. The molecule has 0 aliphatic carbocycles. The van der Waals surface area contributed by atoms with Gasteiger partial charge in [0.05, 0.1) is 12.2 Å². The van der Waals surface area contributed by atoms with Gasteiger partial charge in [0.2, 0.25) is 11.8 Å². The van der Waals surface area contributed by atoms with Gasteiger partial charge in [0.15, 0.2) is 5.75 Å². The summed E-state index contributed by atoms with van der Waals surface area (Å²) < 4.78 is 40.1. The molecule has 0 saturated heterocycles. The number of anilines is 1. The van der Waals surface area contributed by atoms with Crippen molar-refractivity contribution >= 4 is 17.5 Å². The molecule has 0 aliphatic heterocycles. The molecule has 2 amide bonds. The zero-order valence-corrected chi connectivity index (χ0v) is 25.0. The number of nitrogens with one attached hydrogen (secondary N) is 1. The average Bonchev–Trinajstić information content (AvgIpc) is 3.07. The van der Waals surface area contributed by atoms with Crippen LogP contribution in [0.1, 0.15) is 29.5 Å². The van der Waals surface area contributed by atoms with Gasteiger partial charge in [0.1, 0.15) is 28.9 Å². The summed E-state index contributed by atoms with van der Waals surface area (Å²) in [4.78, 5) is 28.0. The Hall–Kier alpha value is -5.54. The molecule has 5 aromatic carbocycles. The molecule has 0 unspecified atom stereocenters. The van der Waals surface area contributed by atoms with Crippen molar-refractivity contribution < 1.29 is 27.8 Å². The molecule has 7 nitrogen and oxygen atoms in total. The molecule has 0 saturated carbocycles. The normalized spacial score (nSPS) is 10.7. The zero-order chi connectivity index (χ0) is 32.3. The Labute approximate surface area is 266 Å². The van der Waals surface area contributed by atoms with Gasteiger partial charge in [0.25, 0.3) is 0 Å². The highest BCUT2D eigenvalue weighted by molar-refractivity contribution is 5.96. The lowest BCUT2D eigenvalue weighted by molar-refractivity contribution is -0.125. The number of para-hydroxylation sites is 3.